The van der Waals surface area contributed by atoms with Crippen LogP contribution in [0.1, 0.15) is 37.2 Å². The van der Waals surface area contributed by atoms with E-state index in [2.05, 4.69) is 27.1 Å². The number of pyridine rings is 1. The first-order valence-electron chi connectivity index (χ1n) is 9.50. The number of aromatic nitrogens is 3. The van der Waals surface area contributed by atoms with Crippen LogP contribution in [0.5, 0.6) is 5.75 Å². The number of halogens is 1. The smallest absolute Gasteiger partial charge is 0.257 e. The molecule has 1 saturated heterocycles. The molecule has 146 valence electrons. The van der Waals surface area contributed by atoms with Crippen LogP contribution in [0.3, 0.4) is 0 Å². The zero-order chi connectivity index (χ0) is 19.5. The molecule has 0 saturated carbocycles. The quantitative estimate of drug-likeness (QED) is 0.667. The molecule has 0 amide bonds. The maximum atomic E-state index is 13.9. The summed E-state index contributed by atoms with van der Waals surface area (Å²) in [4.78, 5) is 10.8. The van der Waals surface area contributed by atoms with E-state index in [1.54, 1.807) is 19.2 Å². The van der Waals surface area contributed by atoms with E-state index in [1.807, 2.05) is 24.3 Å². The third kappa shape index (κ3) is 4.04. The summed E-state index contributed by atoms with van der Waals surface area (Å²) in [6, 6.07) is 10.6. The molecule has 1 atom stereocenters. The van der Waals surface area contributed by atoms with Gasteiger partial charge in [0.05, 0.1) is 11.6 Å². The minimum Gasteiger partial charge on any atom is -0.490 e. The molecule has 1 aliphatic heterocycles. The molecule has 0 aliphatic carbocycles. The van der Waals surface area contributed by atoms with Crippen molar-refractivity contribution < 1.29 is 13.7 Å². The van der Waals surface area contributed by atoms with E-state index in [-0.39, 0.29) is 11.9 Å². The second-order valence-electron chi connectivity index (χ2n) is 7.19. The molecular formula is C21H23FN4O2. The van der Waals surface area contributed by atoms with E-state index >= 15 is 0 Å². The van der Waals surface area contributed by atoms with Gasteiger partial charge < -0.3 is 14.2 Å². The second kappa shape index (κ2) is 8.06. The molecule has 7 heteroatoms. The number of likely N-dealkylation sites (tertiary alicyclic amines) is 1. The van der Waals surface area contributed by atoms with E-state index in [4.69, 9.17) is 9.26 Å². The molecule has 0 spiro atoms. The summed E-state index contributed by atoms with van der Waals surface area (Å²) >= 11 is 0. The predicted octanol–water partition coefficient (Wildman–Crippen LogP) is 3.90. The predicted molar refractivity (Wildman–Crippen MR) is 103 cm³/mol. The number of ether oxygens (including phenoxy) is 1. The molecule has 3 heterocycles. The van der Waals surface area contributed by atoms with Crippen LogP contribution in [0.2, 0.25) is 0 Å². The van der Waals surface area contributed by atoms with Gasteiger partial charge in [-0.05, 0) is 63.2 Å². The van der Waals surface area contributed by atoms with Crippen LogP contribution in [-0.4, -0.2) is 46.3 Å². The van der Waals surface area contributed by atoms with Crippen LogP contribution >= 0.6 is 0 Å². The molecule has 1 aliphatic rings. The maximum absolute atomic E-state index is 13.9. The average Bonchev–Trinajstić information content (AvgIpc) is 3.20. The first-order valence-corrected chi connectivity index (χ1v) is 9.50. The van der Waals surface area contributed by atoms with Crippen molar-refractivity contribution in [2.45, 2.75) is 31.8 Å². The SMILES string of the molecule is CC(c1noc(-c2ccc(OC3CCN(C)CC3)cc2)n1)c1ncccc1F. The third-order valence-corrected chi connectivity index (χ3v) is 5.10. The van der Waals surface area contributed by atoms with Crippen LogP contribution in [-0.2, 0) is 0 Å². The van der Waals surface area contributed by atoms with Gasteiger partial charge in [-0.3, -0.25) is 4.98 Å². The Kier molecular flexibility index (Phi) is 5.34. The summed E-state index contributed by atoms with van der Waals surface area (Å²) in [6.07, 6.45) is 3.88. The van der Waals surface area contributed by atoms with Gasteiger partial charge in [0.1, 0.15) is 17.7 Å². The zero-order valence-corrected chi connectivity index (χ0v) is 16.0. The molecule has 28 heavy (non-hydrogen) atoms. The molecule has 1 aromatic carbocycles. The zero-order valence-electron chi connectivity index (χ0n) is 16.0. The largest absolute Gasteiger partial charge is 0.490 e. The van der Waals surface area contributed by atoms with Gasteiger partial charge in [0.15, 0.2) is 5.82 Å². The summed E-state index contributed by atoms with van der Waals surface area (Å²) in [5, 5.41) is 4.00. The van der Waals surface area contributed by atoms with E-state index in [0.717, 1.165) is 37.2 Å². The van der Waals surface area contributed by atoms with Crippen molar-refractivity contribution in [2.24, 2.45) is 0 Å². The van der Waals surface area contributed by atoms with Gasteiger partial charge in [0.25, 0.3) is 5.89 Å². The standard InChI is InChI=1S/C21H23FN4O2/c1-14(19-18(22)4-3-11-23-19)20-24-21(28-25-20)15-5-7-16(8-6-15)27-17-9-12-26(2)13-10-17/h3-8,11,14,17H,9-10,12-13H2,1-2H3. The average molecular weight is 382 g/mol. The van der Waals surface area contributed by atoms with Gasteiger partial charge in [-0.1, -0.05) is 5.16 Å². The van der Waals surface area contributed by atoms with E-state index in [9.17, 15) is 4.39 Å². The molecule has 2 aromatic heterocycles. The van der Waals surface area contributed by atoms with Crippen LogP contribution in [0, 0.1) is 5.82 Å². The van der Waals surface area contributed by atoms with Crippen molar-refractivity contribution in [2.75, 3.05) is 20.1 Å². The fourth-order valence-electron chi connectivity index (χ4n) is 3.34. The van der Waals surface area contributed by atoms with Crippen LogP contribution in [0.15, 0.2) is 47.1 Å². The Bertz CT molecular complexity index is 920. The van der Waals surface area contributed by atoms with Crippen molar-refractivity contribution in [3.05, 3.63) is 59.9 Å². The lowest BCUT2D eigenvalue weighted by atomic mass is 10.1. The van der Waals surface area contributed by atoms with Gasteiger partial charge >= 0.3 is 0 Å². The van der Waals surface area contributed by atoms with E-state index in [1.165, 1.54) is 6.07 Å². The molecular weight excluding hydrogens is 359 g/mol. The van der Waals surface area contributed by atoms with Crippen LogP contribution in [0.4, 0.5) is 4.39 Å². The van der Waals surface area contributed by atoms with Crippen molar-refractivity contribution in [3.8, 4) is 17.2 Å². The summed E-state index contributed by atoms with van der Waals surface area (Å²) in [7, 11) is 2.13. The minimum atomic E-state index is -0.397. The van der Waals surface area contributed by atoms with Crippen molar-refractivity contribution in [1.29, 1.82) is 0 Å². The number of hydrogen-bond acceptors (Lipinski definition) is 6. The number of rotatable bonds is 5. The lowest BCUT2D eigenvalue weighted by Crippen LogP contribution is -2.35. The lowest BCUT2D eigenvalue weighted by molar-refractivity contribution is 0.114. The number of hydrogen-bond donors (Lipinski definition) is 0. The molecule has 6 nitrogen and oxygen atoms in total. The van der Waals surface area contributed by atoms with Crippen molar-refractivity contribution >= 4 is 0 Å². The molecule has 4 rings (SSSR count). The fourth-order valence-corrected chi connectivity index (χ4v) is 3.34. The first kappa shape index (κ1) is 18.6. The van der Waals surface area contributed by atoms with Crippen molar-refractivity contribution in [3.63, 3.8) is 0 Å². The lowest BCUT2D eigenvalue weighted by Gasteiger charge is -2.29. The topological polar surface area (TPSA) is 64.3 Å². The molecule has 0 N–H and O–H groups in total. The highest BCUT2D eigenvalue weighted by atomic mass is 19.1. The first-order chi connectivity index (χ1) is 13.6. The third-order valence-electron chi connectivity index (χ3n) is 5.10. The number of nitrogens with zero attached hydrogens (tertiary/aromatic N) is 4. The Balaban J connectivity index is 1.44. The molecule has 0 bridgehead atoms. The number of benzene rings is 1. The molecule has 1 fully saturated rings. The van der Waals surface area contributed by atoms with Gasteiger partial charge in [-0.2, -0.15) is 4.98 Å². The second-order valence-corrected chi connectivity index (χ2v) is 7.19. The summed E-state index contributed by atoms with van der Waals surface area (Å²) in [5.41, 5.74) is 1.10. The maximum Gasteiger partial charge on any atom is 0.257 e. The Hall–Kier alpha value is -2.80. The highest BCUT2D eigenvalue weighted by Gasteiger charge is 2.21. The molecule has 0 radical (unpaired) electrons. The minimum absolute atomic E-state index is 0.256. The highest BCUT2D eigenvalue weighted by molar-refractivity contribution is 5.54. The van der Waals surface area contributed by atoms with Gasteiger partial charge in [-0.25, -0.2) is 4.39 Å². The van der Waals surface area contributed by atoms with Gasteiger partial charge in [0.2, 0.25) is 0 Å². The Morgan fingerprint density at radius 2 is 1.93 bits per heavy atom. The van der Waals surface area contributed by atoms with E-state index in [0.29, 0.717) is 17.4 Å². The van der Waals surface area contributed by atoms with Crippen LogP contribution in [0.25, 0.3) is 11.5 Å². The fraction of sp³-hybridized carbons (Fsp3) is 0.381. The van der Waals surface area contributed by atoms with Crippen LogP contribution < -0.4 is 4.74 Å². The van der Waals surface area contributed by atoms with Crippen molar-refractivity contribution in [1.82, 2.24) is 20.0 Å². The summed E-state index contributed by atoms with van der Waals surface area (Å²) in [5.74, 6) is 0.854. The summed E-state index contributed by atoms with van der Waals surface area (Å²) in [6.45, 7) is 3.92. The Morgan fingerprint density at radius 1 is 1.18 bits per heavy atom. The number of piperidine rings is 1. The Morgan fingerprint density at radius 3 is 2.64 bits per heavy atom. The van der Waals surface area contributed by atoms with E-state index < -0.39 is 5.92 Å². The molecule has 3 aromatic rings. The van der Waals surface area contributed by atoms with Gasteiger partial charge in [0, 0.05) is 24.8 Å². The van der Waals surface area contributed by atoms with Gasteiger partial charge in [-0.15, -0.1) is 0 Å². The monoisotopic (exact) mass is 382 g/mol. The normalized spacial score (nSPS) is 16.8. The molecule has 1 unspecified atom stereocenters. The summed E-state index contributed by atoms with van der Waals surface area (Å²) < 4.78 is 25.4. The highest BCUT2D eigenvalue weighted by Crippen LogP contribution is 2.27. The Labute approximate surface area is 163 Å².